The van der Waals surface area contributed by atoms with Gasteiger partial charge in [-0.15, -0.1) is 0 Å². The molecule has 1 N–H and O–H groups in total. The summed E-state index contributed by atoms with van der Waals surface area (Å²) in [6.07, 6.45) is 3.05. The van der Waals surface area contributed by atoms with Gasteiger partial charge in [-0.2, -0.15) is 0 Å². The van der Waals surface area contributed by atoms with Gasteiger partial charge in [0.15, 0.2) is 6.61 Å². The molecule has 0 saturated heterocycles. The minimum atomic E-state index is -0.0429. The quantitative estimate of drug-likeness (QED) is 0.803. The van der Waals surface area contributed by atoms with E-state index in [9.17, 15) is 9.59 Å². The van der Waals surface area contributed by atoms with Crippen LogP contribution in [0, 0.1) is 6.92 Å². The number of carbonyl (C=O) groups is 2. The monoisotopic (exact) mass is 366 g/mol. The molecule has 27 heavy (non-hydrogen) atoms. The predicted molar refractivity (Wildman–Crippen MR) is 107 cm³/mol. The molecule has 2 aromatic carbocycles. The van der Waals surface area contributed by atoms with Crippen molar-refractivity contribution in [3.05, 3.63) is 53.6 Å². The lowest BCUT2D eigenvalue weighted by Crippen LogP contribution is -2.39. The van der Waals surface area contributed by atoms with E-state index in [1.165, 1.54) is 5.56 Å². The topological polar surface area (TPSA) is 58.6 Å². The van der Waals surface area contributed by atoms with Gasteiger partial charge in [-0.05, 0) is 43.5 Å². The summed E-state index contributed by atoms with van der Waals surface area (Å²) in [7, 11) is 0. The van der Waals surface area contributed by atoms with Crippen molar-refractivity contribution in [3.63, 3.8) is 0 Å². The Labute approximate surface area is 160 Å². The number of benzene rings is 2. The van der Waals surface area contributed by atoms with Crippen molar-refractivity contribution in [2.75, 3.05) is 23.4 Å². The number of carbonyl (C=O) groups excluding carboxylic acids is 2. The third-order valence-corrected chi connectivity index (χ3v) is 4.68. The van der Waals surface area contributed by atoms with Gasteiger partial charge < -0.3 is 15.0 Å². The molecule has 1 aliphatic heterocycles. The first-order chi connectivity index (χ1) is 13.1. The van der Waals surface area contributed by atoms with Gasteiger partial charge in [-0.1, -0.05) is 43.2 Å². The normalized spacial score (nSPS) is 13.1. The summed E-state index contributed by atoms with van der Waals surface area (Å²) < 4.78 is 5.52. The minimum Gasteiger partial charge on any atom is -0.482 e. The molecule has 0 bridgehead atoms. The highest BCUT2D eigenvalue weighted by molar-refractivity contribution is 5.99. The average Bonchev–Trinajstić information content (AvgIpc) is 2.67. The van der Waals surface area contributed by atoms with E-state index >= 15 is 0 Å². The SMILES string of the molecule is CCCCN1C(=O)COc2ccc(NC(=O)CCc3ccc(C)cc3)cc21. The van der Waals surface area contributed by atoms with E-state index in [1.807, 2.05) is 25.1 Å². The molecule has 0 fully saturated rings. The van der Waals surface area contributed by atoms with Crippen LogP contribution in [0.15, 0.2) is 42.5 Å². The lowest BCUT2D eigenvalue weighted by Gasteiger charge is -2.29. The van der Waals surface area contributed by atoms with E-state index in [4.69, 9.17) is 4.74 Å². The number of hydrogen-bond donors (Lipinski definition) is 1. The number of nitrogens with one attached hydrogen (secondary N) is 1. The standard InChI is InChI=1S/C22H26N2O3/c1-3-4-13-24-19-14-18(10-11-20(19)27-15-22(24)26)23-21(25)12-9-17-7-5-16(2)6-8-17/h5-8,10-11,14H,3-4,9,12-13,15H2,1-2H3,(H,23,25). The number of aryl methyl sites for hydroxylation is 2. The number of amides is 2. The summed E-state index contributed by atoms with van der Waals surface area (Å²) >= 11 is 0. The first-order valence-corrected chi connectivity index (χ1v) is 9.49. The van der Waals surface area contributed by atoms with Crippen molar-refractivity contribution in [3.8, 4) is 5.75 Å². The number of unbranched alkanes of at least 4 members (excludes halogenated alkanes) is 1. The molecule has 0 aliphatic carbocycles. The Hall–Kier alpha value is -2.82. The highest BCUT2D eigenvalue weighted by atomic mass is 16.5. The summed E-state index contributed by atoms with van der Waals surface area (Å²) in [5, 5.41) is 2.93. The maximum atomic E-state index is 12.3. The van der Waals surface area contributed by atoms with Crippen LogP contribution >= 0.6 is 0 Å². The average molecular weight is 366 g/mol. The zero-order valence-electron chi connectivity index (χ0n) is 16.0. The summed E-state index contributed by atoms with van der Waals surface area (Å²) in [4.78, 5) is 26.3. The fourth-order valence-electron chi connectivity index (χ4n) is 3.08. The van der Waals surface area contributed by atoms with Crippen LogP contribution in [-0.4, -0.2) is 25.0 Å². The van der Waals surface area contributed by atoms with Crippen LogP contribution in [0.1, 0.15) is 37.3 Å². The second-order valence-corrected chi connectivity index (χ2v) is 6.90. The minimum absolute atomic E-state index is 0.0428. The Kier molecular flexibility index (Phi) is 6.12. The molecule has 5 heteroatoms. The van der Waals surface area contributed by atoms with Crippen LogP contribution in [0.5, 0.6) is 5.75 Å². The highest BCUT2D eigenvalue weighted by Crippen LogP contribution is 2.34. The van der Waals surface area contributed by atoms with Crippen molar-refractivity contribution in [1.82, 2.24) is 0 Å². The molecule has 0 spiro atoms. The van der Waals surface area contributed by atoms with Crippen LogP contribution in [-0.2, 0) is 16.0 Å². The van der Waals surface area contributed by atoms with Gasteiger partial charge in [0.25, 0.3) is 5.91 Å². The summed E-state index contributed by atoms with van der Waals surface area (Å²) in [5.41, 5.74) is 3.77. The molecule has 5 nitrogen and oxygen atoms in total. The first-order valence-electron chi connectivity index (χ1n) is 9.49. The molecule has 3 rings (SSSR count). The second-order valence-electron chi connectivity index (χ2n) is 6.90. The number of fused-ring (bicyclic) bond motifs is 1. The van der Waals surface area contributed by atoms with Crippen molar-refractivity contribution in [2.45, 2.75) is 39.5 Å². The van der Waals surface area contributed by atoms with Gasteiger partial charge in [0.1, 0.15) is 5.75 Å². The number of hydrogen-bond acceptors (Lipinski definition) is 3. The molecule has 0 unspecified atom stereocenters. The number of ether oxygens (including phenoxy) is 1. The van der Waals surface area contributed by atoms with E-state index in [0.29, 0.717) is 30.8 Å². The molecule has 1 aliphatic rings. The number of rotatable bonds is 7. The summed E-state index contributed by atoms with van der Waals surface area (Å²) in [6.45, 7) is 4.87. The van der Waals surface area contributed by atoms with E-state index in [1.54, 1.807) is 4.90 Å². The van der Waals surface area contributed by atoms with Crippen molar-refractivity contribution in [1.29, 1.82) is 0 Å². The lowest BCUT2D eigenvalue weighted by atomic mass is 10.1. The Bertz CT molecular complexity index is 815. The highest BCUT2D eigenvalue weighted by Gasteiger charge is 2.25. The Morgan fingerprint density at radius 2 is 1.96 bits per heavy atom. The molecule has 0 radical (unpaired) electrons. The third kappa shape index (κ3) is 4.88. The van der Waals surface area contributed by atoms with Crippen molar-refractivity contribution >= 4 is 23.2 Å². The lowest BCUT2D eigenvalue weighted by molar-refractivity contribution is -0.121. The van der Waals surface area contributed by atoms with Crippen molar-refractivity contribution < 1.29 is 14.3 Å². The van der Waals surface area contributed by atoms with Gasteiger partial charge >= 0.3 is 0 Å². The van der Waals surface area contributed by atoms with Gasteiger partial charge in [0.05, 0.1) is 5.69 Å². The van der Waals surface area contributed by atoms with Crippen LogP contribution in [0.4, 0.5) is 11.4 Å². The van der Waals surface area contributed by atoms with Crippen molar-refractivity contribution in [2.24, 2.45) is 0 Å². The summed E-state index contributed by atoms with van der Waals surface area (Å²) in [6, 6.07) is 13.7. The van der Waals surface area contributed by atoms with Gasteiger partial charge in [-0.3, -0.25) is 9.59 Å². The zero-order valence-corrected chi connectivity index (χ0v) is 16.0. The van der Waals surface area contributed by atoms with Gasteiger partial charge in [0, 0.05) is 18.7 Å². The molecule has 0 aromatic heterocycles. The predicted octanol–water partition coefficient (Wildman–Crippen LogP) is 4.09. The molecular formula is C22H26N2O3. The molecule has 0 atom stereocenters. The molecule has 0 saturated carbocycles. The molecule has 142 valence electrons. The summed E-state index contributed by atoms with van der Waals surface area (Å²) in [5.74, 6) is 0.598. The zero-order chi connectivity index (χ0) is 19.2. The maximum Gasteiger partial charge on any atom is 0.265 e. The fourth-order valence-corrected chi connectivity index (χ4v) is 3.08. The van der Waals surface area contributed by atoms with Crippen LogP contribution in [0.25, 0.3) is 0 Å². The Morgan fingerprint density at radius 1 is 1.19 bits per heavy atom. The molecule has 1 heterocycles. The largest absolute Gasteiger partial charge is 0.482 e. The van der Waals surface area contributed by atoms with E-state index in [-0.39, 0.29) is 18.4 Å². The molecular weight excluding hydrogens is 340 g/mol. The third-order valence-electron chi connectivity index (χ3n) is 4.68. The maximum absolute atomic E-state index is 12.3. The van der Waals surface area contributed by atoms with Gasteiger partial charge in [0.2, 0.25) is 5.91 Å². The van der Waals surface area contributed by atoms with Crippen LogP contribution in [0.3, 0.4) is 0 Å². The Balaban J connectivity index is 1.65. The smallest absolute Gasteiger partial charge is 0.265 e. The van der Waals surface area contributed by atoms with Crippen LogP contribution < -0.4 is 15.0 Å². The number of anilines is 2. The first kappa shape index (κ1) is 19.0. The fraction of sp³-hybridized carbons (Fsp3) is 0.364. The second kappa shape index (κ2) is 8.71. The molecule has 2 amide bonds. The molecule has 2 aromatic rings. The van der Waals surface area contributed by atoms with E-state index in [0.717, 1.165) is 24.1 Å². The van der Waals surface area contributed by atoms with E-state index in [2.05, 4.69) is 36.5 Å². The van der Waals surface area contributed by atoms with Gasteiger partial charge in [-0.25, -0.2) is 0 Å². The van der Waals surface area contributed by atoms with Crippen LogP contribution in [0.2, 0.25) is 0 Å². The Morgan fingerprint density at radius 3 is 2.70 bits per heavy atom. The number of nitrogens with zero attached hydrogens (tertiary/aromatic N) is 1. The van der Waals surface area contributed by atoms with E-state index < -0.39 is 0 Å².